The summed E-state index contributed by atoms with van der Waals surface area (Å²) in [5.41, 5.74) is 0.943. The molecule has 0 aromatic rings. The summed E-state index contributed by atoms with van der Waals surface area (Å²) in [5.74, 6) is 2.24. The van der Waals surface area contributed by atoms with Crippen LogP contribution in [0.15, 0.2) is 11.6 Å². The van der Waals surface area contributed by atoms with Gasteiger partial charge in [-0.15, -0.1) is 0 Å². The molecular weight excluding hydrogens is 336 g/mol. The molecule has 0 unspecified atom stereocenters. The molecule has 3 nitrogen and oxygen atoms in total. The number of carbonyl (C=O) groups excluding carboxylic acids is 2. The Morgan fingerprint density at radius 2 is 1.78 bits per heavy atom. The molecule has 150 valence electrons. The molecule has 0 spiro atoms. The highest BCUT2D eigenvalue weighted by Crippen LogP contribution is 2.69. The maximum atomic E-state index is 12.8. The highest BCUT2D eigenvalue weighted by Gasteiger charge is 2.68. The molecule has 0 saturated heterocycles. The van der Waals surface area contributed by atoms with E-state index >= 15 is 0 Å². The van der Waals surface area contributed by atoms with Gasteiger partial charge in [-0.1, -0.05) is 32.4 Å². The Morgan fingerprint density at radius 3 is 2.44 bits per heavy atom. The second-order valence-electron chi connectivity index (χ2n) is 10.5. The Labute approximate surface area is 164 Å². The van der Waals surface area contributed by atoms with Gasteiger partial charge in [0.05, 0.1) is 0 Å². The van der Waals surface area contributed by atoms with Gasteiger partial charge < -0.3 is 4.74 Å². The van der Waals surface area contributed by atoms with Crippen molar-refractivity contribution in [3.05, 3.63) is 11.6 Å². The van der Waals surface area contributed by atoms with Crippen LogP contribution in [0, 0.1) is 34.5 Å². The maximum absolute atomic E-state index is 12.8. The predicted octanol–water partition coefficient (Wildman–Crippen LogP) is 5.48. The molecule has 0 heterocycles. The van der Waals surface area contributed by atoms with Gasteiger partial charge in [-0.2, -0.15) is 0 Å². The topological polar surface area (TPSA) is 43.4 Å². The molecule has 0 amide bonds. The molecule has 4 aliphatic rings. The number of ketones is 1. The van der Waals surface area contributed by atoms with Crippen molar-refractivity contribution in [3.8, 4) is 0 Å². The first-order valence-corrected chi connectivity index (χ1v) is 11.1. The van der Waals surface area contributed by atoms with Crippen LogP contribution >= 0.6 is 0 Å². The molecule has 3 saturated carbocycles. The average Bonchev–Trinajstić information content (AvgIpc) is 2.88. The third-order valence-corrected chi connectivity index (χ3v) is 9.34. The summed E-state index contributed by atoms with van der Waals surface area (Å²) in [6.45, 7) is 10.3. The first-order chi connectivity index (χ1) is 12.7. The van der Waals surface area contributed by atoms with Crippen molar-refractivity contribution < 1.29 is 14.3 Å². The normalized spacial score (nSPS) is 48.7. The summed E-state index contributed by atoms with van der Waals surface area (Å²) in [6.07, 6.45) is 11.5. The van der Waals surface area contributed by atoms with E-state index in [1.54, 1.807) is 12.5 Å². The van der Waals surface area contributed by atoms with E-state index in [0.29, 0.717) is 29.6 Å². The van der Waals surface area contributed by atoms with Crippen LogP contribution in [0.5, 0.6) is 0 Å². The molecule has 0 N–H and O–H groups in total. The van der Waals surface area contributed by atoms with E-state index in [4.69, 9.17) is 4.74 Å². The fourth-order valence-corrected chi connectivity index (χ4v) is 8.27. The SMILES string of the molecule is CC(=O)O[C@@]1(C(C)=O)CC[C@H]2[C@@H]3C[C@@H](C)C4=CCCC[C@]4(C)[C@H]3CC[C@@]21C. The number of hydrogen-bond donors (Lipinski definition) is 0. The van der Waals surface area contributed by atoms with Crippen LogP contribution in [-0.4, -0.2) is 17.4 Å². The lowest BCUT2D eigenvalue weighted by atomic mass is 9.45. The highest BCUT2D eigenvalue weighted by molar-refractivity contribution is 5.89. The van der Waals surface area contributed by atoms with Gasteiger partial charge >= 0.3 is 5.97 Å². The molecular formula is C24H36O3. The molecule has 0 bridgehead atoms. The number of allylic oxidation sites excluding steroid dienone is 2. The fourth-order valence-electron chi connectivity index (χ4n) is 8.27. The second-order valence-corrected chi connectivity index (χ2v) is 10.5. The van der Waals surface area contributed by atoms with Crippen molar-refractivity contribution >= 4 is 11.8 Å². The number of hydrogen-bond acceptors (Lipinski definition) is 3. The maximum Gasteiger partial charge on any atom is 0.303 e. The van der Waals surface area contributed by atoms with Crippen LogP contribution in [0.4, 0.5) is 0 Å². The Kier molecular flexibility index (Phi) is 4.40. The van der Waals surface area contributed by atoms with E-state index in [2.05, 4.69) is 26.8 Å². The summed E-state index contributed by atoms with van der Waals surface area (Å²) in [6, 6.07) is 0. The first-order valence-electron chi connectivity index (χ1n) is 11.1. The second kappa shape index (κ2) is 6.19. The van der Waals surface area contributed by atoms with Crippen LogP contribution in [0.1, 0.15) is 86.0 Å². The van der Waals surface area contributed by atoms with Crippen LogP contribution in [0.3, 0.4) is 0 Å². The molecule has 0 radical (unpaired) electrons. The molecule has 3 fully saturated rings. The monoisotopic (exact) mass is 372 g/mol. The minimum atomic E-state index is -0.901. The van der Waals surface area contributed by atoms with Crippen molar-refractivity contribution in [3.63, 3.8) is 0 Å². The highest BCUT2D eigenvalue weighted by atomic mass is 16.6. The molecule has 4 aliphatic carbocycles. The summed E-state index contributed by atoms with van der Waals surface area (Å²) >= 11 is 0. The molecule has 4 rings (SSSR count). The summed E-state index contributed by atoms with van der Waals surface area (Å²) in [4.78, 5) is 24.7. The van der Waals surface area contributed by atoms with Crippen LogP contribution in [-0.2, 0) is 14.3 Å². The number of fused-ring (bicyclic) bond motifs is 5. The van der Waals surface area contributed by atoms with Gasteiger partial charge in [-0.3, -0.25) is 9.59 Å². The fraction of sp³-hybridized carbons (Fsp3) is 0.833. The largest absolute Gasteiger partial charge is 0.451 e. The quantitative estimate of drug-likeness (QED) is 0.476. The van der Waals surface area contributed by atoms with E-state index in [0.717, 1.165) is 25.2 Å². The Balaban J connectivity index is 1.73. The van der Waals surface area contributed by atoms with Gasteiger partial charge in [0.25, 0.3) is 0 Å². The molecule has 0 aliphatic heterocycles. The Morgan fingerprint density at radius 1 is 1.07 bits per heavy atom. The van der Waals surface area contributed by atoms with Crippen molar-refractivity contribution in [1.29, 1.82) is 0 Å². The van der Waals surface area contributed by atoms with E-state index in [9.17, 15) is 9.59 Å². The van der Waals surface area contributed by atoms with E-state index in [1.165, 1.54) is 32.6 Å². The Bertz CT molecular complexity index is 694. The first kappa shape index (κ1) is 19.2. The van der Waals surface area contributed by atoms with Gasteiger partial charge in [-0.25, -0.2) is 0 Å². The van der Waals surface area contributed by atoms with Gasteiger partial charge in [0, 0.05) is 12.3 Å². The smallest absolute Gasteiger partial charge is 0.303 e. The van der Waals surface area contributed by atoms with Gasteiger partial charge in [-0.05, 0) is 87.4 Å². The van der Waals surface area contributed by atoms with Crippen LogP contribution in [0.25, 0.3) is 0 Å². The van der Waals surface area contributed by atoms with Crippen molar-refractivity contribution in [2.75, 3.05) is 0 Å². The summed E-state index contributed by atoms with van der Waals surface area (Å²) in [7, 11) is 0. The van der Waals surface area contributed by atoms with Crippen LogP contribution in [0.2, 0.25) is 0 Å². The summed E-state index contributed by atoms with van der Waals surface area (Å²) in [5, 5.41) is 0. The van der Waals surface area contributed by atoms with Crippen LogP contribution < -0.4 is 0 Å². The summed E-state index contributed by atoms with van der Waals surface area (Å²) < 4.78 is 5.87. The molecule has 27 heavy (non-hydrogen) atoms. The zero-order chi connectivity index (χ0) is 19.6. The van der Waals surface area contributed by atoms with Gasteiger partial charge in [0.15, 0.2) is 11.4 Å². The lowest BCUT2D eigenvalue weighted by molar-refractivity contribution is -0.187. The van der Waals surface area contributed by atoms with E-state index < -0.39 is 5.60 Å². The minimum Gasteiger partial charge on any atom is -0.451 e. The number of ether oxygens (including phenoxy) is 1. The molecule has 7 atom stereocenters. The van der Waals surface area contributed by atoms with Crippen molar-refractivity contribution in [1.82, 2.24) is 0 Å². The zero-order valence-corrected chi connectivity index (χ0v) is 17.8. The van der Waals surface area contributed by atoms with Gasteiger partial charge in [0.2, 0.25) is 0 Å². The van der Waals surface area contributed by atoms with Crippen molar-refractivity contribution in [2.24, 2.45) is 34.5 Å². The van der Waals surface area contributed by atoms with E-state index in [-0.39, 0.29) is 17.2 Å². The molecule has 3 heteroatoms. The third-order valence-electron chi connectivity index (χ3n) is 9.34. The standard InChI is InChI=1S/C24H36O3/c1-15-14-18-20(22(4)11-7-6-8-19(15)22)9-12-23(5)21(18)10-13-24(23,16(2)25)27-17(3)26/h8,15,18,20-21H,6-7,9-14H2,1-5H3/t15-,18-,20+,21+,22+,23+,24-/m1/s1. The molecule has 0 aromatic heterocycles. The Hall–Kier alpha value is -1.12. The van der Waals surface area contributed by atoms with E-state index in [1.807, 2.05) is 0 Å². The lowest BCUT2D eigenvalue weighted by Crippen LogP contribution is -2.59. The number of esters is 1. The number of carbonyl (C=O) groups is 2. The van der Waals surface area contributed by atoms with Crippen molar-refractivity contribution in [2.45, 2.75) is 91.6 Å². The minimum absolute atomic E-state index is 0.0504. The average molecular weight is 373 g/mol. The van der Waals surface area contributed by atoms with Gasteiger partial charge in [0.1, 0.15) is 0 Å². The lowest BCUT2D eigenvalue weighted by Gasteiger charge is -2.60. The predicted molar refractivity (Wildman–Crippen MR) is 106 cm³/mol. The molecule has 0 aromatic carbocycles. The zero-order valence-electron chi connectivity index (χ0n) is 17.8. The number of rotatable bonds is 2. The third kappa shape index (κ3) is 2.45. The number of Topliss-reactive ketones (excluding diaryl/α,β-unsaturated/α-hetero) is 1.